The molecule has 1 aromatic carbocycles. The van der Waals surface area contributed by atoms with Crippen molar-refractivity contribution in [2.75, 3.05) is 6.54 Å². The zero-order valence-corrected chi connectivity index (χ0v) is 10.1. The van der Waals surface area contributed by atoms with Crippen LogP contribution in [-0.2, 0) is 16.0 Å². The molecule has 4 nitrogen and oxygen atoms in total. The smallest absolute Gasteiger partial charge is 0.306 e. The molecule has 0 saturated heterocycles. The van der Waals surface area contributed by atoms with Gasteiger partial charge < -0.3 is 10.4 Å². The second kappa shape index (κ2) is 6.74. The van der Waals surface area contributed by atoms with Gasteiger partial charge in [0.2, 0.25) is 5.91 Å². The van der Waals surface area contributed by atoms with Crippen molar-refractivity contribution in [3.05, 3.63) is 35.6 Å². The molecule has 0 aromatic heterocycles. The maximum Gasteiger partial charge on any atom is 0.306 e. The predicted molar refractivity (Wildman–Crippen MR) is 64.5 cm³/mol. The van der Waals surface area contributed by atoms with Gasteiger partial charge in [0.05, 0.1) is 5.92 Å². The van der Waals surface area contributed by atoms with Crippen LogP contribution in [0.25, 0.3) is 0 Å². The number of aliphatic carboxylic acids is 1. The normalized spacial score (nSPS) is 11.9. The zero-order chi connectivity index (χ0) is 13.5. The van der Waals surface area contributed by atoms with E-state index >= 15 is 0 Å². The Kier molecular flexibility index (Phi) is 5.30. The average Bonchev–Trinajstić information content (AvgIpc) is 2.28. The second-order valence-electron chi connectivity index (χ2n) is 4.17. The van der Waals surface area contributed by atoms with Crippen LogP contribution in [-0.4, -0.2) is 23.5 Å². The Bertz CT molecular complexity index is 434. The third kappa shape index (κ3) is 4.95. The van der Waals surface area contributed by atoms with Gasteiger partial charge in [-0.15, -0.1) is 0 Å². The number of carbonyl (C=O) groups is 2. The van der Waals surface area contributed by atoms with Crippen LogP contribution in [0.1, 0.15) is 18.9 Å². The minimum absolute atomic E-state index is 0.0432. The molecule has 0 aliphatic carbocycles. The van der Waals surface area contributed by atoms with Crippen molar-refractivity contribution in [2.45, 2.75) is 19.8 Å². The summed E-state index contributed by atoms with van der Waals surface area (Å²) in [7, 11) is 0. The van der Waals surface area contributed by atoms with Crippen LogP contribution >= 0.6 is 0 Å². The Hall–Kier alpha value is -1.91. The molecule has 18 heavy (non-hydrogen) atoms. The van der Waals surface area contributed by atoms with Gasteiger partial charge in [-0.1, -0.05) is 19.1 Å². The number of amides is 1. The first-order valence-corrected chi connectivity index (χ1v) is 5.73. The standard InChI is InChI=1S/C13H16FNO3/c1-9(13(17)18)7-12(16)15-6-5-10-3-2-4-11(14)8-10/h2-4,8-9H,5-7H2,1H3,(H,15,16)(H,17,18). The molecule has 98 valence electrons. The fourth-order valence-electron chi connectivity index (χ4n) is 1.48. The van der Waals surface area contributed by atoms with Gasteiger partial charge in [0.25, 0.3) is 0 Å². The maximum atomic E-state index is 12.9. The Labute approximate surface area is 105 Å². The highest BCUT2D eigenvalue weighted by molar-refractivity contribution is 5.81. The molecule has 1 atom stereocenters. The Morgan fingerprint density at radius 3 is 2.78 bits per heavy atom. The number of hydrogen-bond donors (Lipinski definition) is 2. The number of carboxylic acid groups (broad SMARTS) is 1. The summed E-state index contributed by atoms with van der Waals surface area (Å²) in [6, 6.07) is 6.15. The summed E-state index contributed by atoms with van der Waals surface area (Å²) in [5, 5.41) is 11.3. The van der Waals surface area contributed by atoms with E-state index in [2.05, 4.69) is 5.32 Å². The lowest BCUT2D eigenvalue weighted by atomic mass is 10.1. The van der Waals surface area contributed by atoms with Crippen LogP contribution in [0.15, 0.2) is 24.3 Å². The predicted octanol–water partition coefficient (Wildman–Crippen LogP) is 1.60. The van der Waals surface area contributed by atoms with E-state index < -0.39 is 11.9 Å². The summed E-state index contributed by atoms with van der Waals surface area (Å²) in [5.74, 6) is -2.30. The molecule has 5 heteroatoms. The molecule has 0 bridgehead atoms. The number of nitrogens with one attached hydrogen (secondary N) is 1. The van der Waals surface area contributed by atoms with Crippen LogP contribution in [0, 0.1) is 11.7 Å². The topological polar surface area (TPSA) is 66.4 Å². The minimum Gasteiger partial charge on any atom is -0.481 e. The number of benzene rings is 1. The van der Waals surface area contributed by atoms with Gasteiger partial charge in [-0.05, 0) is 24.1 Å². The first-order valence-electron chi connectivity index (χ1n) is 5.73. The molecule has 1 amide bonds. The molecule has 1 unspecified atom stereocenters. The molecule has 2 N–H and O–H groups in total. The number of rotatable bonds is 6. The Morgan fingerprint density at radius 2 is 2.17 bits per heavy atom. The third-order valence-electron chi connectivity index (χ3n) is 2.54. The minimum atomic E-state index is -0.990. The number of halogens is 1. The van der Waals surface area contributed by atoms with E-state index in [4.69, 9.17) is 5.11 Å². The van der Waals surface area contributed by atoms with Crippen molar-refractivity contribution in [1.29, 1.82) is 0 Å². The van der Waals surface area contributed by atoms with Crippen molar-refractivity contribution in [2.24, 2.45) is 5.92 Å². The van der Waals surface area contributed by atoms with Gasteiger partial charge in [0.15, 0.2) is 0 Å². The van der Waals surface area contributed by atoms with Crippen molar-refractivity contribution < 1.29 is 19.1 Å². The Morgan fingerprint density at radius 1 is 1.44 bits per heavy atom. The van der Waals surface area contributed by atoms with Crippen molar-refractivity contribution in [3.8, 4) is 0 Å². The van der Waals surface area contributed by atoms with E-state index in [0.717, 1.165) is 5.56 Å². The lowest BCUT2D eigenvalue weighted by Crippen LogP contribution is -2.28. The van der Waals surface area contributed by atoms with Gasteiger partial charge >= 0.3 is 5.97 Å². The van der Waals surface area contributed by atoms with Gasteiger partial charge in [-0.3, -0.25) is 9.59 Å². The number of carbonyl (C=O) groups excluding carboxylic acids is 1. The lowest BCUT2D eigenvalue weighted by molar-refractivity contribution is -0.143. The molecule has 0 heterocycles. The van der Waals surface area contributed by atoms with Crippen LogP contribution < -0.4 is 5.32 Å². The van der Waals surface area contributed by atoms with E-state index in [-0.39, 0.29) is 18.1 Å². The average molecular weight is 253 g/mol. The zero-order valence-electron chi connectivity index (χ0n) is 10.1. The van der Waals surface area contributed by atoms with Crippen molar-refractivity contribution >= 4 is 11.9 Å². The highest BCUT2D eigenvalue weighted by Crippen LogP contribution is 2.04. The van der Waals surface area contributed by atoms with Gasteiger partial charge in [-0.25, -0.2) is 4.39 Å². The summed E-state index contributed by atoms with van der Waals surface area (Å²) in [6.07, 6.45) is 0.476. The summed E-state index contributed by atoms with van der Waals surface area (Å²) >= 11 is 0. The van der Waals surface area contributed by atoms with E-state index in [1.807, 2.05) is 0 Å². The largest absolute Gasteiger partial charge is 0.481 e. The van der Waals surface area contributed by atoms with Crippen molar-refractivity contribution in [3.63, 3.8) is 0 Å². The van der Waals surface area contributed by atoms with E-state index in [9.17, 15) is 14.0 Å². The first kappa shape index (κ1) is 14.2. The number of carboxylic acids is 1. The van der Waals surface area contributed by atoms with Crippen LogP contribution in [0.5, 0.6) is 0 Å². The molecule has 0 saturated carbocycles. The Balaban J connectivity index is 2.29. The van der Waals surface area contributed by atoms with Gasteiger partial charge in [-0.2, -0.15) is 0 Å². The fraction of sp³-hybridized carbons (Fsp3) is 0.385. The summed E-state index contributed by atoms with van der Waals surface area (Å²) in [4.78, 5) is 21.9. The molecule has 0 fully saturated rings. The quantitative estimate of drug-likeness (QED) is 0.809. The molecule has 1 aromatic rings. The molecule has 0 aliphatic rings. The van der Waals surface area contributed by atoms with Gasteiger partial charge in [0.1, 0.15) is 5.82 Å². The summed E-state index contributed by atoms with van der Waals surface area (Å²) in [6.45, 7) is 1.85. The molecular formula is C13H16FNO3. The van der Waals surface area contributed by atoms with Crippen LogP contribution in [0.2, 0.25) is 0 Å². The molecule has 0 aliphatic heterocycles. The second-order valence-corrected chi connectivity index (χ2v) is 4.17. The fourth-order valence-corrected chi connectivity index (χ4v) is 1.48. The van der Waals surface area contributed by atoms with E-state index in [1.54, 1.807) is 12.1 Å². The SMILES string of the molecule is CC(CC(=O)NCCc1cccc(F)c1)C(=O)O. The van der Waals surface area contributed by atoms with E-state index in [1.165, 1.54) is 19.1 Å². The number of hydrogen-bond acceptors (Lipinski definition) is 2. The van der Waals surface area contributed by atoms with Crippen molar-refractivity contribution in [1.82, 2.24) is 5.32 Å². The summed E-state index contributed by atoms with van der Waals surface area (Å²) < 4.78 is 12.9. The van der Waals surface area contributed by atoms with Crippen LogP contribution in [0.3, 0.4) is 0 Å². The highest BCUT2D eigenvalue weighted by Gasteiger charge is 2.15. The van der Waals surface area contributed by atoms with E-state index in [0.29, 0.717) is 13.0 Å². The maximum absolute atomic E-state index is 12.9. The first-order chi connectivity index (χ1) is 8.49. The molecular weight excluding hydrogens is 237 g/mol. The third-order valence-corrected chi connectivity index (χ3v) is 2.54. The molecule has 0 radical (unpaired) electrons. The van der Waals surface area contributed by atoms with Crippen LogP contribution in [0.4, 0.5) is 4.39 Å². The lowest BCUT2D eigenvalue weighted by Gasteiger charge is -2.07. The van der Waals surface area contributed by atoms with Gasteiger partial charge in [0, 0.05) is 13.0 Å². The molecule has 0 spiro atoms. The summed E-state index contributed by atoms with van der Waals surface area (Å²) in [5.41, 5.74) is 0.793. The highest BCUT2D eigenvalue weighted by atomic mass is 19.1. The molecule has 1 rings (SSSR count). The monoisotopic (exact) mass is 253 g/mol.